The molecule has 5 nitrogen and oxygen atoms in total. The zero-order valence-corrected chi connectivity index (χ0v) is 12.2. The van der Waals surface area contributed by atoms with Crippen LogP contribution < -0.4 is 4.72 Å². The van der Waals surface area contributed by atoms with Gasteiger partial charge < -0.3 is 5.11 Å². The Bertz CT molecular complexity index is 602. The van der Waals surface area contributed by atoms with E-state index in [1.54, 1.807) is 0 Å². The van der Waals surface area contributed by atoms with Crippen LogP contribution in [0.1, 0.15) is 15.9 Å². The van der Waals surface area contributed by atoms with Crippen molar-refractivity contribution in [1.82, 2.24) is 4.72 Å². The summed E-state index contributed by atoms with van der Waals surface area (Å²) in [5.74, 6) is -2.12. The van der Waals surface area contributed by atoms with E-state index in [0.717, 1.165) is 0 Å². The highest BCUT2D eigenvalue weighted by molar-refractivity contribution is 8.00. The van der Waals surface area contributed by atoms with E-state index < -0.39 is 33.0 Å². The Morgan fingerprint density at radius 3 is 2.57 bits per heavy atom. The van der Waals surface area contributed by atoms with Crippen LogP contribution in [-0.2, 0) is 15.8 Å². The lowest BCUT2D eigenvalue weighted by Crippen LogP contribution is -2.28. The van der Waals surface area contributed by atoms with Crippen LogP contribution in [0, 0.1) is 0 Å². The molecule has 10 heteroatoms. The average Bonchev–Trinajstić information content (AvgIpc) is 2.33. The van der Waals surface area contributed by atoms with E-state index in [4.69, 9.17) is 5.11 Å². The van der Waals surface area contributed by atoms with Crippen molar-refractivity contribution in [2.24, 2.45) is 0 Å². The number of alkyl halides is 3. The third-order valence-electron chi connectivity index (χ3n) is 2.22. The summed E-state index contributed by atoms with van der Waals surface area (Å²) in [7, 11) is -3.82. The molecule has 21 heavy (non-hydrogen) atoms. The van der Waals surface area contributed by atoms with Crippen LogP contribution in [0.25, 0.3) is 0 Å². The number of carbonyl (C=O) groups is 1. The summed E-state index contributed by atoms with van der Waals surface area (Å²) >= 11 is -0.318. The number of aromatic carboxylic acids is 1. The number of thioether (sulfide) groups is 1. The first-order valence-corrected chi connectivity index (χ1v) is 8.23. The predicted molar refractivity (Wildman–Crippen MR) is 72.5 cm³/mol. The van der Waals surface area contributed by atoms with Crippen molar-refractivity contribution in [3.63, 3.8) is 0 Å². The number of rotatable bonds is 7. The number of hydrogen-bond donors (Lipinski definition) is 2. The number of benzene rings is 1. The molecule has 1 aromatic carbocycles. The highest BCUT2D eigenvalue weighted by Crippen LogP contribution is 2.29. The first-order chi connectivity index (χ1) is 9.59. The zero-order chi connectivity index (χ0) is 16.1. The van der Waals surface area contributed by atoms with Gasteiger partial charge in [0.1, 0.15) is 0 Å². The quantitative estimate of drug-likeness (QED) is 0.741. The molecule has 0 aliphatic heterocycles. The summed E-state index contributed by atoms with van der Waals surface area (Å²) in [5, 5.41) is 8.78. The number of sulfonamides is 1. The van der Waals surface area contributed by atoms with Crippen LogP contribution >= 0.6 is 11.8 Å². The molecule has 0 atom stereocenters. The SMILES string of the molecule is O=C(O)c1cccc(CS(=O)(=O)NCCSC(F)(F)F)c1. The van der Waals surface area contributed by atoms with E-state index in [2.05, 4.69) is 0 Å². The fourth-order valence-corrected chi connectivity index (χ4v) is 3.13. The van der Waals surface area contributed by atoms with Crippen LogP contribution in [0.4, 0.5) is 13.2 Å². The highest BCUT2D eigenvalue weighted by atomic mass is 32.2. The van der Waals surface area contributed by atoms with Gasteiger partial charge in [-0.2, -0.15) is 13.2 Å². The molecule has 0 fully saturated rings. The Morgan fingerprint density at radius 2 is 2.00 bits per heavy atom. The molecule has 0 amide bonds. The van der Waals surface area contributed by atoms with Gasteiger partial charge in [-0.25, -0.2) is 17.9 Å². The minimum Gasteiger partial charge on any atom is -0.478 e. The smallest absolute Gasteiger partial charge is 0.441 e. The molecule has 0 bridgehead atoms. The molecule has 118 valence electrons. The van der Waals surface area contributed by atoms with E-state index in [1.807, 2.05) is 4.72 Å². The third-order valence-corrected chi connectivity index (χ3v) is 4.31. The Labute approximate surface area is 123 Å². The van der Waals surface area contributed by atoms with Crippen LogP contribution in [0.15, 0.2) is 24.3 Å². The number of nitrogens with one attached hydrogen (secondary N) is 1. The van der Waals surface area contributed by atoms with Crippen molar-refractivity contribution in [1.29, 1.82) is 0 Å². The van der Waals surface area contributed by atoms with Crippen LogP contribution in [0.2, 0.25) is 0 Å². The number of carboxylic acid groups (broad SMARTS) is 1. The van der Waals surface area contributed by atoms with E-state index in [0.29, 0.717) is 0 Å². The first kappa shape index (κ1) is 17.8. The molecule has 0 aliphatic carbocycles. The van der Waals surface area contributed by atoms with Gasteiger partial charge in [0.15, 0.2) is 0 Å². The molecule has 1 rings (SSSR count). The Kier molecular flexibility index (Phi) is 6.05. The lowest BCUT2D eigenvalue weighted by molar-refractivity contribution is -0.0327. The Balaban J connectivity index is 2.56. The normalized spacial score (nSPS) is 12.3. The number of hydrogen-bond acceptors (Lipinski definition) is 4. The second-order valence-electron chi connectivity index (χ2n) is 3.95. The molecule has 0 aliphatic rings. The second kappa shape index (κ2) is 7.14. The molecule has 0 saturated carbocycles. The molecule has 0 heterocycles. The molecular formula is C11H12F3NO4S2. The number of carboxylic acids is 1. The maximum absolute atomic E-state index is 11.9. The molecule has 0 spiro atoms. The van der Waals surface area contributed by atoms with Crippen molar-refractivity contribution in [3.05, 3.63) is 35.4 Å². The van der Waals surface area contributed by atoms with Crippen LogP contribution in [0.5, 0.6) is 0 Å². The second-order valence-corrected chi connectivity index (χ2v) is 6.92. The van der Waals surface area contributed by atoms with Gasteiger partial charge >= 0.3 is 11.5 Å². The molecule has 0 aromatic heterocycles. The summed E-state index contributed by atoms with van der Waals surface area (Å²) in [6.45, 7) is -0.356. The molecule has 0 saturated heterocycles. The van der Waals surface area contributed by atoms with Crippen molar-refractivity contribution in [2.75, 3.05) is 12.3 Å². The van der Waals surface area contributed by atoms with Gasteiger partial charge in [-0.15, -0.1) is 0 Å². The fraction of sp³-hybridized carbons (Fsp3) is 0.364. The van der Waals surface area contributed by atoms with Gasteiger partial charge in [-0.3, -0.25) is 0 Å². The van der Waals surface area contributed by atoms with E-state index in [1.165, 1.54) is 24.3 Å². The molecule has 2 N–H and O–H groups in total. The van der Waals surface area contributed by atoms with E-state index in [-0.39, 0.29) is 29.4 Å². The van der Waals surface area contributed by atoms with Gasteiger partial charge in [0.05, 0.1) is 11.3 Å². The summed E-state index contributed by atoms with van der Waals surface area (Å²) in [4.78, 5) is 10.7. The first-order valence-electron chi connectivity index (χ1n) is 5.59. The van der Waals surface area contributed by atoms with Crippen molar-refractivity contribution in [3.8, 4) is 0 Å². The zero-order valence-electron chi connectivity index (χ0n) is 10.6. The van der Waals surface area contributed by atoms with Crippen molar-refractivity contribution in [2.45, 2.75) is 11.3 Å². The number of halogens is 3. The average molecular weight is 343 g/mol. The monoisotopic (exact) mass is 343 g/mol. The third kappa shape index (κ3) is 7.34. The van der Waals surface area contributed by atoms with Gasteiger partial charge in [-0.05, 0) is 29.5 Å². The Morgan fingerprint density at radius 1 is 1.33 bits per heavy atom. The molecule has 0 unspecified atom stereocenters. The Hall–Kier alpha value is -1.26. The molecule has 0 radical (unpaired) electrons. The summed E-state index contributed by atoms with van der Waals surface area (Å²) < 4.78 is 61.0. The van der Waals surface area contributed by atoms with Gasteiger partial charge in [0, 0.05) is 12.3 Å². The maximum Gasteiger partial charge on any atom is 0.441 e. The molecular weight excluding hydrogens is 331 g/mol. The minimum absolute atomic E-state index is 0.0599. The maximum atomic E-state index is 11.9. The lowest BCUT2D eigenvalue weighted by atomic mass is 10.1. The highest BCUT2D eigenvalue weighted by Gasteiger charge is 2.27. The van der Waals surface area contributed by atoms with Crippen molar-refractivity contribution >= 4 is 27.8 Å². The largest absolute Gasteiger partial charge is 0.478 e. The lowest BCUT2D eigenvalue weighted by Gasteiger charge is -2.08. The topological polar surface area (TPSA) is 83.5 Å². The molecule has 1 aromatic rings. The van der Waals surface area contributed by atoms with E-state index >= 15 is 0 Å². The summed E-state index contributed by atoms with van der Waals surface area (Å²) in [6, 6.07) is 5.34. The van der Waals surface area contributed by atoms with Gasteiger partial charge in [0.2, 0.25) is 10.0 Å². The van der Waals surface area contributed by atoms with Gasteiger partial charge in [0.25, 0.3) is 0 Å². The summed E-state index contributed by atoms with van der Waals surface area (Å²) in [5.41, 5.74) is -4.22. The van der Waals surface area contributed by atoms with Gasteiger partial charge in [-0.1, -0.05) is 12.1 Å². The van der Waals surface area contributed by atoms with E-state index in [9.17, 15) is 26.4 Å². The van der Waals surface area contributed by atoms with Crippen molar-refractivity contribution < 1.29 is 31.5 Å². The summed E-state index contributed by atoms with van der Waals surface area (Å²) in [6.07, 6.45) is 0. The standard InChI is InChI=1S/C11H12F3NO4S2/c12-11(13,14)20-5-4-15-21(18,19)7-8-2-1-3-9(6-8)10(16)17/h1-3,6,15H,4-5,7H2,(H,16,17). The minimum atomic E-state index is -4.40. The van der Waals surface area contributed by atoms with Crippen LogP contribution in [0.3, 0.4) is 0 Å². The predicted octanol–water partition coefficient (Wildman–Crippen LogP) is 2.06. The fourth-order valence-electron chi connectivity index (χ4n) is 1.43. The van der Waals surface area contributed by atoms with Crippen LogP contribution in [-0.4, -0.2) is 37.3 Å².